The fourth-order valence-corrected chi connectivity index (χ4v) is 3.64. The van der Waals surface area contributed by atoms with E-state index in [1.165, 1.54) is 0 Å². The van der Waals surface area contributed by atoms with Crippen LogP contribution in [-0.4, -0.2) is 34.2 Å². The van der Waals surface area contributed by atoms with Crippen molar-refractivity contribution in [2.75, 3.05) is 17.2 Å². The fraction of sp³-hybridized carbons (Fsp3) is 0.200. The lowest BCUT2D eigenvalue weighted by Crippen LogP contribution is -2.28. The SMILES string of the molecule is Cc1ccc(CN2CC(C(=O)Nc3cccc(NC(=O)c4ccncc4)c3)CC2=O)cc1. The maximum atomic E-state index is 12.8. The molecule has 0 radical (unpaired) electrons. The smallest absolute Gasteiger partial charge is 0.255 e. The summed E-state index contributed by atoms with van der Waals surface area (Å²) >= 11 is 0. The molecule has 1 fully saturated rings. The first-order chi connectivity index (χ1) is 15.5. The van der Waals surface area contributed by atoms with Crippen LogP contribution >= 0.6 is 0 Å². The van der Waals surface area contributed by atoms with E-state index in [9.17, 15) is 14.4 Å². The van der Waals surface area contributed by atoms with Gasteiger partial charge in [0.2, 0.25) is 11.8 Å². The summed E-state index contributed by atoms with van der Waals surface area (Å²) in [5, 5.41) is 5.68. The number of amides is 3. The molecule has 2 N–H and O–H groups in total. The van der Waals surface area contributed by atoms with Crippen LogP contribution in [0.5, 0.6) is 0 Å². The lowest BCUT2D eigenvalue weighted by Gasteiger charge is -2.17. The van der Waals surface area contributed by atoms with Crippen LogP contribution in [0.25, 0.3) is 0 Å². The van der Waals surface area contributed by atoms with Gasteiger partial charge in [0.05, 0.1) is 5.92 Å². The number of hydrogen-bond donors (Lipinski definition) is 2. The van der Waals surface area contributed by atoms with E-state index >= 15 is 0 Å². The van der Waals surface area contributed by atoms with Gasteiger partial charge in [-0.15, -0.1) is 0 Å². The van der Waals surface area contributed by atoms with E-state index in [-0.39, 0.29) is 24.1 Å². The third-order valence-electron chi connectivity index (χ3n) is 5.41. The van der Waals surface area contributed by atoms with Crippen molar-refractivity contribution in [2.24, 2.45) is 5.92 Å². The van der Waals surface area contributed by atoms with Crippen LogP contribution in [-0.2, 0) is 16.1 Å². The van der Waals surface area contributed by atoms with Gasteiger partial charge in [-0.2, -0.15) is 0 Å². The number of pyridine rings is 1. The quantitative estimate of drug-likeness (QED) is 0.627. The second-order valence-electron chi connectivity index (χ2n) is 7.92. The van der Waals surface area contributed by atoms with E-state index in [4.69, 9.17) is 0 Å². The normalized spacial score (nSPS) is 15.5. The molecule has 7 heteroatoms. The highest BCUT2D eigenvalue weighted by atomic mass is 16.2. The Morgan fingerprint density at radius 1 is 1.00 bits per heavy atom. The van der Waals surface area contributed by atoms with E-state index in [1.807, 2.05) is 31.2 Å². The van der Waals surface area contributed by atoms with E-state index in [0.717, 1.165) is 11.1 Å². The van der Waals surface area contributed by atoms with Gasteiger partial charge in [0.1, 0.15) is 0 Å². The number of hydrogen-bond acceptors (Lipinski definition) is 4. The highest BCUT2D eigenvalue weighted by molar-refractivity contribution is 6.04. The zero-order valence-corrected chi connectivity index (χ0v) is 17.7. The molecule has 0 aliphatic carbocycles. The van der Waals surface area contributed by atoms with Crippen molar-refractivity contribution >= 4 is 29.1 Å². The van der Waals surface area contributed by atoms with Gasteiger partial charge in [-0.3, -0.25) is 19.4 Å². The van der Waals surface area contributed by atoms with Gasteiger partial charge in [-0.05, 0) is 42.8 Å². The van der Waals surface area contributed by atoms with E-state index < -0.39 is 5.92 Å². The third kappa shape index (κ3) is 5.18. The molecule has 2 heterocycles. The van der Waals surface area contributed by atoms with Gasteiger partial charge in [-0.1, -0.05) is 35.9 Å². The molecule has 1 aliphatic rings. The predicted octanol–water partition coefficient (Wildman–Crippen LogP) is 3.63. The average molecular weight is 428 g/mol. The number of aryl methyl sites for hydroxylation is 1. The van der Waals surface area contributed by atoms with Gasteiger partial charge in [0, 0.05) is 48.8 Å². The van der Waals surface area contributed by atoms with Crippen LogP contribution in [0.15, 0.2) is 73.1 Å². The third-order valence-corrected chi connectivity index (χ3v) is 5.41. The summed E-state index contributed by atoms with van der Waals surface area (Å²) in [6.07, 6.45) is 3.29. The largest absolute Gasteiger partial charge is 0.338 e. The van der Waals surface area contributed by atoms with E-state index in [1.54, 1.807) is 53.7 Å². The van der Waals surface area contributed by atoms with Crippen molar-refractivity contribution in [3.05, 3.63) is 89.7 Å². The molecule has 32 heavy (non-hydrogen) atoms. The Hall–Kier alpha value is -4.00. The minimum absolute atomic E-state index is 0.0240. The fourth-order valence-electron chi connectivity index (χ4n) is 3.64. The Balaban J connectivity index is 1.35. The van der Waals surface area contributed by atoms with Gasteiger partial charge in [-0.25, -0.2) is 0 Å². The summed E-state index contributed by atoms with van der Waals surface area (Å²) in [5.74, 6) is -0.904. The summed E-state index contributed by atoms with van der Waals surface area (Å²) in [7, 11) is 0. The molecule has 2 aromatic carbocycles. The first-order valence-electron chi connectivity index (χ1n) is 10.4. The number of nitrogens with zero attached hydrogens (tertiary/aromatic N) is 2. The highest BCUT2D eigenvalue weighted by Gasteiger charge is 2.34. The van der Waals surface area contributed by atoms with Crippen LogP contribution in [0.4, 0.5) is 11.4 Å². The van der Waals surface area contributed by atoms with E-state index in [0.29, 0.717) is 30.0 Å². The molecule has 1 unspecified atom stereocenters. The van der Waals surface area contributed by atoms with Crippen molar-refractivity contribution in [3.8, 4) is 0 Å². The lowest BCUT2D eigenvalue weighted by atomic mass is 10.1. The Bertz CT molecular complexity index is 1130. The topological polar surface area (TPSA) is 91.4 Å². The van der Waals surface area contributed by atoms with Gasteiger partial charge in [0.25, 0.3) is 5.91 Å². The molecule has 162 valence electrons. The molecule has 1 aromatic heterocycles. The second kappa shape index (κ2) is 9.43. The summed E-state index contributed by atoms with van der Waals surface area (Å²) in [6, 6.07) is 18.2. The van der Waals surface area contributed by atoms with Crippen LogP contribution < -0.4 is 10.6 Å². The van der Waals surface area contributed by atoms with Crippen LogP contribution in [0, 0.1) is 12.8 Å². The molecule has 4 rings (SSSR count). The first-order valence-corrected chi connectivity index (χ1v) is 10.4. The predicted molar refractivity (Wildman–Crippen MR) is 122 cm³/mol. The summed E-state index contributed by atoms with van der Waals surface area (Å²) < 4.78 is 0. The second-order valence-corrected chi connectivity index (χ2v) is 7.92. The number of carbonyl (C=O) groups is 3. The minimum Gasteiger partial charge on any atom is -0.338 e. The standard InChI is InChI=1S/C25H24N4O3/c1-17-5-7-18(8-6-17)15-29-16-20(13-23(29)30)25(32)28-22-4-2-3-21(14-22)27-24(31)19-9-11-26-12-10-19/h2-12,14,20H,13,15-16H2,1H3,(H,27,31)(H,28,32). The molecular formula is C25H24N4O3. The summed E-state index contributed by atoms with van der Waals surface area (Å²) in [6.45, 7) is 2.90. The van der Waals surface area contributed by atoms with Crippen LogP contribution in [0.3, 0.4) is 0 Å². The maximum absolute atomic E-state index is 12.8. The molecule has 1 aliphatic heterocycles. The number of benzene rings is 2. The molecule has 0 saturated carbocycles. The molecule has 0 spiro atoms. The average Bonchev–Trinajstić information content (AvgIpc) is 3.16. The minimum atomic E-state index is -0.414. The first kappa shape index (κ1) is 21.2. The van der Waals surface area contributed by atoms with Crippen molar-refractivity contribution in [3.63, 3.8) is 0 Å². The lowest BCUT2D eigenvalue weighted by molar-refractivity contribution is -0.128. The summed E-state index contributed by atoms with van der Waals surface area (Å²) in [5.41, 5.74) is 3.83. The summed E-state index contributed by atoms with van der Waals surface area (Å²) in [4.78, 5) is 43.1. The number of likely N-dealkylation sites (tertiary alicyclic amines) is 1. The molecule has 0 bridgehead atoms. The monoisotopic (exact) mass is 428 g/mol. The molecule has 7 nitrogen and oxygen atoms in total. The molecule has 3 amide bonds. The van der Waals surface area contributed by atoms with Crippen LogP contribution in [0.2, 0.25) is 0 Å². The van der Waals surface area contributed by atoms with Gasteiger partial charge < -0.3 is 15.5 Å². The number of carbonyl (C=O) groups excluding carboxylic acids is 3. The Kier molecular flexibility index (Phi) is 6.26. The molecular weight excluding hydrogens is 404 g/mol. The molecule has 1 atom stereocenters. The van der Waals surface area contributed by atoms with Crippen molar-refractivity contribution < 1.29 is 14.4 Å². The Labute approximate surface area is 186 Å². The zero-order valence-electron chi connectivity index (χ0n) is 17.7. The highest BCUT2D eigenvalue weighted by Crippen LogP contribution is 2.23. The van der Waals surface area contributed by atoms with Gasteiger partial charge >= 0.3 is 0 Å². The number of rotatable bonds is 6. The van der Waals surface area contributed by atoms with Crippen molar-refractivity contribution in [1.29, 1.82) is 0 Å². The van der Waals surface area contributed by atoms with Crippen LogP contribution in [0.1, 0.15) is 27.9 Å². The Morgan fingerprint density at radius 3 is 2.41 bits per heavy atom. The van der Waals surface area contributed by atoms with Gasteiger partial charge in [0.15, 0.2) is 0 Å². The van der Waals surface area contributed by atoms with Crippen molar-refractivity contribution in [1.82, 2.24) is 9.88 Å². The van der Waals surface area contributed by atoms with E-state index in [2.05, 4.69) is 15.6 Å². The molecule has 1 saturated heterocycles. The zero-order chi connectivity index (χ0) is 22.5. The molecule has 3 aromatic rings. The number of nitrogens with one attached hydrogen (secondary N) is 2. The Morgan fingerprint density at radius 2 is 1.69 bits per heavy atom. The number of anilines is 2. The number of aromatic nitrogens is 1. The maximum Gasteiger partial charge on any atom is 0.255 e. The van der Waals surface area contributed by atoms with Crippen molar-refractivity contribution in [2.45, 2.75) is 19.9 Å².